The summed E-state index contributed by atoms with van der Waals surface area (Å²) in [5.41, 5.74) is 2.52. The van der Waals surface area contributed by atoms with Crippen molar-refractivity contribution in [3.05, 3.63) is 59.9 Å². The number of methoxy groups -OCH3 is 1. The molecule has 0 spiro atoms. The van der Waals surface area contributed by atoms with E-state index in [9.17, 15) is 0 Å². The Morgan fingerprint density at radius 2 is 1.89 bits per heavy atom. The standard InChI is InChI=1S/C16H20N2O/c1-17-15(8-7-13-9-11-18-12-10-13)14-5-3-4-6-16(14)19-2/h3-6,9-12,15,17H,7-8H2,1-2H3. The highest BCUT2D eigenvalue weighted by Crippen LogP contribution is 2.27. The maximum Gasteiger partial charge on any atom is 0.123 e. The van der Waals surface area contributed by atoms with E-state index in [4.69, 9.17) is 4.74 Å². The van der Waals surface area contributed by atoms with Crippen LogP contribution in [0.4, 0.5) is 0 Å². The molecule has 3 nitrogen and oxygen atoms in total. The van der Waals surface area contributed by atoms with Crippen molar-refractivity contribution in [3.63, 3.8) is 0 Å². The van der Waals surface area contributed by atoms with Crippen molar-refractivity contribution in [3.8, 4) is 5.75 Å². The van der Waals surface area contributed by atoms with Crippen LogP contribution < -0.4 is 10.1 Å². The number of pyridine rings is 1. The number of nitrogens with zero attached hydrogens (tertiary/aromatic N) is 1. The van der Waals surface area contributed by atoms with Crippen LogP contribution >= 0.6 is 0 Å². The Morgan fingerprint density at radius 3 is 2.58 bits per heavy atom. The molecule has 0 aliphatic rings. The molecule has 2 aromatic rings. The second-order valence-electron chi connectivity index (χ2n) is 4.48. The summed E-state index contributed by atoms with van der Waals surface area (Å²) in [5, 5.41) is 3.37. The van der Waals surface area contributed by atoms with Crippen LogP contribution in [0.5, 0.6) is 5.75 Å². The Morgan fingerprint density at radius 1 is 1.16 bits per heavy atom. The molecular weight excluding hydrogens is 236 g/mol. The van der Waals surface area contributed by atoms with Crippen LogP contribution in [0.3, 0.4) is 0 Å². The second-order valence-corrected chi connectivity index (χ2v) is 4.48. The lowest BCUT2D eigenvalue weighted by molar-refractivity contribution is 0.399. The summed E-state index contributed by atoms with van der Waals surface area (Å²) in [6, 6.07) is 12.6. The molecule has 0 aliphatic heterocycles. The van der Waals surface area contributed by atoms with Crippen LogP contribution in [0, 0.1) is 0 Å². The molecule has 19 heavy (non-hydrogen) atoms. The molecule has 3 heteroatoms. The number of aryl methyl sites for hydroxylation is 1. The van der Waals surface area contributed by atoms with Crippen LogP contribution in [-0.2, 0) is 6.42 Å². The molecule has 0 amide bonds. The first kappa shape index (κ1) is 13.6. The summed E-state index contributed by atoms with van der Waals surface area (Å²) in [4.78, 5) is 4.04. The first-order valence-corrected chi connectivity index (χ1v) is 6.54. The molecule has 1 atom stereocenters. The largest absolute Gasteiger partial charge is 0.496 e. The maximum absolute atomic E-state index is 5.43. The number of hydrogen-bond donors (Lipinski definition) is 1. The Kier molecular flexibility index (Phi) is 4.93. The lowest BCUT2D eigenvalue weighted by atomic mass is 9.99. The first-order valence-electron chi connectivity index (χ1n) is 6.54. The van der Waals surface area contributed by atoms with E-state index in [1.807, 2.05) is 31.6 Å². The SMILES string of the molecule is CNC(CCc1ccncc1)c1ccccc1OC. The van der Waals surface area contributed by atoms with Crippen LogP contribution in [0.2, 0.25) is 0 Å². The molecule has 1 heterocycles. The molecule has 0 aliphatic carbocycles. The summed E-state index contributed by atoms with van der Waals surface area (Å²) in [6.45, 7) is 0. The van der Waals surface area contributed by atoms with E-state index in [2.05, 4.69) is 34.6 Å². The molecule has 1 unspecified atom stereocenters. The minimum Gasteiger partial charge on any atom is -0.496 e. The van der Waals surface area contributed by atoms with E-state index in [1.165, 1.54) is 11.1 Å². The Balaban J connectivity index is 2.08. The molecule has 0 radical (unpaired) electrons. The van der Waals surface area contributed by atoms with Crippen LogP contribution in [0.1, 0.15) is 23.6 Å². The zero-order chi connectivity index (χ0) is 13.5. The van der Waals surface area contributed by atoms with Gasteiger partial charge < -0.3 is 10.1 Å². The van der Waals surface area contributed by atoms with Crippen LogP contribution in [0.15, 0.2) is 48.8 Å². The first-order chi connectivity index (χ1) is 9.35. The summed E-state index contributed by atoms with van der Waals surface area (Å²) in [6.07, 6.45) is 5.73. The van der Waals surface area contributed by atoms with Crippen LogP contribution in [0.25, 0.3) is 0 Å². The number of ether oxygens (including phenoxy) is 1. The summed E-state index contributed by atoms with van der Waals surface area (Å²) in [5.74, 6) is 0.941. The number of benzene rings is 1. The zero-order valence-corrected chi connectivity index (χ0v) is 11.5. The Hall–Kier alpha value is -1.87. The van der Waals surface area contributed by atoms with Gasteiger partial charge in [0.1, 0.15) is 5.75 Å². The summed E-state index contributed by atoms with van der Waals surface area (Å²) in [7, 11) is 3.71. The summed E-state index contributed by atoms with van der Waals surface area (Å²) >= 11 is 0. The number of aromatic nitrogens is 1. The van der Waals surface area contributed by atoms with Gasteiger partial charge in [0.25, 0.3) is 0 Å². The van der Waals surface area contributed by atoms with Gasteiger partial charge in [-0.15, -0.1) is 0 Å². The van der Waals surface area contributed by atoms with Gasteiger partial charge in [0.05, 0.1) is 7.11 Å². The highest BCUT2D eigenvalue weighted by Gasteiger charge is 2.13. The fourth-order valence-corrected chi connectivity index (χ4v) is 2.27. The van der Waals surface area contributed by atoms with Crippen LogP contribution in [-0.4, -0.2) is 19.1 Å². The third-order valence-corrected chi connectivity index (χ3v) is 3.33. The summed E-state index contributed by atoms with van der Waals surface area (Å²) < 4.78 is 5.43. The molecule has 0 fully saturated rings. The van der Waals surface area contributed by atoms with E-state index in [-0.39, 0.29) is 0 Å². The minimum atomic E-state index is 0.296. The van der Waals surface area contributed by atoms with Gasteiger partial charge in [-0.3, -0.25) is 4.98 Å². The molecule has 100 valence electrons. The van der Waals surface area contributed by atoms with Crippen molar-refractivity contribution in [1.29, 1.82) is 0 Å². The van der Waals surface area contributed by atoms with Crippen molar-refractivity contribution < 1.29 is 4.74 Å². The van der Waals surface area contributed by atoms with Gasteiger partial charge in [0, 0.05) is 24.0 Å². The van der Waals surface area contributed by atoms with Gasteiger partial charge in [0.2, 0.25) is 0 Å². The zero-order valence-electron chi connectivity index (χ0n) is 11.5. The second kappa shape index (κ2) is 6.90. The van der Waals surface area contributed by atoms with E-state index >= 15 is 0 Å². The quantitative estimate of drug-likeness (QED) is 0.862. The molecule has 1 N–H and O–H groups in total. The van der Waals surface area contributed by atoms with Crippen molar-refractivity contribution in [2.24, 2.45) is 0 Å². The molecule has 0 saturated heterocycles. The van der Waals surface area contributed by atoms with Gasteiger partial charge in [-0.05, 0) is 43.7 Å². The normalized spacial score (nSPS) is 12.1. The monoisotopic (exact) mass is 256 g/mol. The predicted molar refractivity (Wildman–Crippen MR) is 77.4 cm³/mol. The molecule has 0 bridgehead atoms. The third kappa shape index (κ3) is 3.55. The Bertz CT molecular complexity index is 499. The van der Waals surface area contributed by atoms with Gasteiger partial charge in [0.15, 0.2) is 0 Å². The molecular formula is C16H20N2O. The van der Waals surface area contributed by atoms with E-state index in [0.717, 1.165) is 18.6 Å². The van der Waals surface area contributed by atoms with Gasteiger partial charge in [-0.2, -0.15) is 0 Å². The van der Waals surface area contributed by atoms with Crippen molar-refractivity contribution in [2.45, 2.75) is 18.9 Å². The van der Waals surface area contributed by atoms with Crippen molar-refractivity contribution in [1.82, 2.24) is 10.3 Å². The van der Waals surface area contributed by atoms with E-state index in [0.29, 0.717) is 6.04 Å². The lowest BCUT2D eigenvalue weighted by Crippen LogP contribution is -2.18. The fraction of sp³-hybridized carbons (Fsp3) is 0.312. The average Bonchev–Trinajstić information content (AvgIpc) is 2.49. The highest BCUT2D eigenvalue weighted by atomic mass is 16.5. The van der Waals surface area contributed by atoms with E-state index < -0.39 is 0 Å². The Labute approximate surface area is 114 Å². The van der Waals surface area contributed by atoms with Crippen molar-refractivity contribution in [2.75, 3.05) is 14.2 Å². The minimum absolute atomic E-state index is 0.296. The molecule has 0 saturated carbocycles. The third-order valence-electron chi connectivity index (χ3n) is 3.33. The number of para-hydroxylation sites is 1. The number of hydrogen-bond acceptors (Lipinski definition) is 3. The fourth-order valence-electron chi connectivity index (χ4n) is 2.27. The lowest BCUT2D eigenvalue weighted by Gasteiger charge is -2.19. The van der Waals surface area contributed by atoms with Gasteiger partial charge >= 0.3 is 0 Å². The molecule has 1 aromatic heterocycles. The van der Waals surface area contributed by atoms with E-state index in [1.54, 1.807) is 7.11 Å². The van der Waals surface area contributed by atoms with Gasteiger partial charge in [-0.1, -0.05) is 18.2 Å². The van der Waals surface area contributed by atoms with Gasteiger partial charge in [-0.25, -0.2) is 0 Å². The molecule has 1 aromatic carbocycles. The highest BCUT2D eigenvalue weighted by molar-refractivity contribution is 5.36. The topological polar surface area (TPSA) is 34.2 Å². The predicted octanol–water partition coefficient (Wildman–Crippen LogP) is 2.98. The average molecular weight is 256 g/mol. The van der Waals surface area contributed by atoms with Crippen molar-refractivity contribution >= 4 is 0 Å². The number of nitrogens with one attached hydrogen (secondary N) is 1. The number of rotatable bonds is 6. The smallest absolute Gasteiger partial charge is 0.123 e. The maximum atomic E-state index is 5.43. The molecule has 2 rings (SSSR count).